The van der Waals surface area contributed by atoms with Crippen molar-refractivity contribution in [2.75, 3.05) is 13.1 Å². The minimum Gasteiger partial charge on any atom is -0.366 e. The second-order valence-electron chi connectivity index (χ2n) is 4.46. The zero-order chi connectivity index (χ0) is 11.7. The summed E-state index contributed by atoms with van der Waals surface area (Å²) >= 11 is 0. The van der Waals surface area contributed by atoms with Crippen molar-refractivity contribution in [3.8, 4) is 0 Å². The Balaban J connectivity index is 2.07. The molecule has 0 aromatic heterocycles. The summed E-state index contributed by atoms with van der Waals surface area (Å²) in [6.45, 7) is 4.81. The summed E-state index contributed by atoms with van der Waals surface area (Å²) < 4.78 is 0. The molecule has 1 aromatic carbocycles. The van der Waals surface area contributed by atoms with E-state index < -0.39 is 0 Å². The van der Waals surface area contributed by atoms with Crippen LogP contribution in [0.25, 0.3) is 0 Å². The fourth-order valence-corrected chi connectivity index (χ4v) is 2.01. The van der Waals surface area contributed by atoms with Gasteiger partial charge >= 0.3 is 0 Å². The van der Waals surface area contributed by atoms with Gasteiger partial charge in [-0.3, -0.25) is 9.69 Å². The van der Waals surface area contributed by atoms with Crippen LogP contribution in [0, 0.1) is 6.92 Å². The van der Waals surface area contributed by atoms with Gasteiger partial charge in [0.25, 0.3) is 0 Å². The lowest BCUT2D eigenvalue weighted by Gasteiger charge is -2.37. The zero-order valence-corrected chi connectivity index (χ0v) is 9.44. The molecule has 4 heteroatoms. The minimum atomic E-state index is -0.374. The Kier molecular flexibility index (Phi) is 2.94. The van der Waals surface area contributed by atoms with Crippen molar-refractivity contribution in [2.45, 2.75) is 19.5 Å². The van der Waals surface area contributed by atoms with Gasteiger partial charge in [-0.05, 0) is 30.2 Å². The summed E-state index contributed by atoms with van der Waals surface area (Å²) in [5.74, 6) is -0.374. The fourth-order valence-electron chi connectivity index (χ4n) is 2.01. The lowest BCUT2D eigenvalue weighted by atomic mass is 10.0. The molecule has 1 heterocycles. The van der Waals surface area contributed by atoms with Gasteiger partial charge in [0.15, 0.2) is 0 Å². The van der Waals surface area contributed by atoms with Crippen LogP contribution in [0.1, 0.15) is 21.5 Å². The molecule has 0 bridgehead atoms. The highest BCUT2D eigenvalue weighted by Gasteiger charge is 2.23. The molecule has 16 heavy (non-hydrogen) atoms. The third-order valence-corrected chi connectivity index (χ3v) is 3.01. The quantitative estimate of drug-likeness (QED) is 0.764. The van der Waals surface area contributed by atoms with Crippen molar-refractivity contribution in [3.63, 3.8) is 0 Å². The van der Waals surface area contributed by atoms with Crippen LogP contribution in [0.2, 0.25) is 0 Å². The van der Waals surface area contributed by atoms with Crippen molar-refractivity contribution in [1.29, 1.82) is 0 Å². The number of amides is 1. The molecule has 1 amide bonds. The first-order valence-electron chi connectivity index (χ1n) is 5.43. The largest absolute Gasteiger partial charge is 0.366 e. The number of rotatable bonds is 3. The summed E-state index contributed by atoms with van der Waals surface area (Å²) in [5, 5.41) is 0. The summed E-state index contributed by atoms with van der Waals surface area (Å²) in [4.78, 5) is 13.3. The Hall–Kier alpha value is -1.39. The van der Waals surface area contributed by atoms with E-state index in [0.29, 0.717) is 11.6 Å². The Morgan fingerprint density at radius 2 is 2.19 bits per heavy atom. The smallest absolute Gasteiger partial charge is 0.248 e. The molecule has 0 spiro atoms. The van der Waals surface area contributed by atoms with Gasteiger partial charge in [-0.25, -0.2) is 0 Å². The van der Waals surface area contributed by atoms with E-state index in [4.69, 9.17) is 11.5 Å². The molecule has 1 aliphatic heterocycles. The van der Waals surface area contributed by atoms with Crippen LogP contribution in [0.3, 0.4) is 0 Å². The predicted molar refractivity (Wildman–Crippen MR) is 62.9 cm³/mol. The van der Waals surface area contributed by atoms with E-state index >= 15 is 0 Å². The highest BCUT2D eigenvalue weighted by molar-refractivity contribution is 5.93. The molecular weight excluding hydrogens is 202 g/mol. The Bertz CT molecular complexity index is 411. The van der Waals surface area contributed by atoms with Gasteiger partial charge in [0.2, 0.25) is 5.91 Å². The van der Waals surface area contributed by atoms with E-state index in [0.717, 1.165) is 25.2 Å². The van der Waals surface area contributed by atoms with Crippen molar-refractivity contribution >= 4 is 5.91 Å². The van der Waals surface area contributed by atoms with Gasteiger partial charge in [-0.15, -0.1) is 0 Å². The van der Waals surface area contributed by atoms with Crippen LogP contribution in [0.4, 0.5) is 0 Å². The highest BCUT2D eigenvalue weighted by atomic mass is 16.1. The molecule has 0 saturated carbocycles. The fraction of sp³-hybridized carbons (Fsp3) is 0.417. The molecule has 1 aromatic rings. The van der Waals surface area contributed by atoms with Crippen molar-refractivity contribution in [2.24, 2.45) is 11.5 Å². The Labute approximate surface area is 95.2 Å². The van der Waals surface area contributed by atoms with Crippen molar-refractivity contribution < 1.29 is 4.79 Å². The number of hydrogen-bond donors (Lipinski definition) is 2. The number of likely N-dealkylation sites (tertiary alicyclic amines) is 1. The average molecular weight is 219 g/mol. The second kappa shape index (κ2) is 4.23. The number of nitrogens with two attached hydrogens (primary N) is 2. The van der Waals surface area contributed by atoms with E-state index in [1.54, 1.807) is 6.07 Å². The van der Waals surface area contributed by atoms with E-state index in [9.17, 15) is 4.79 Å². The van der Waals surface area contributed by atoms with Gasteiger partial charge in [0.1, 0.15) is 0 Å². The van der Waals surface area contributed by atoms with Crippen LogP contribution >= 0.6 is 0 Å². The monoisotopic (exact) mass is 219 g/mol. The zero-order valence-electron chi connectivity index (χ0n) is 9.44. The molecule has 0 aliphatic carbocycles. The number of primary amides is 1. The maximum absolute atomic E-state index is 11.0. The summed E-state index contributed by atoms with van der Waals surface area (Å²) in [6.07, 6.45) is 0. The Morgan fingerprint density at radius 3 is 2.69 bits per heavy atom. The molecule has 1 fully saturated rings. The van der Waals surface area contributed by atoms with Crippen LogP contribution in [-0.2, 0) is 6.54 Å². The molecule has 1 aliphatic rings. The van der Waals surface area contributed by atoms with Crippen LogP contribution in [-0.4, -0.2) is 29.9 Å². The first-order valence-corrected chi connectivity index (χ1v) is 5.43. The van der Waals surface area contributed by atoms with Gasteiger partial charge < -0.3 is 11.5 Å². The third kappa shape index (κ3) is 2.23. The number of benzene rings is 1. The number of carbonyl (C=O) groups excluding carboxylic acids is 1. The minimum absolute atomic E-state index is 0.324. The van der Waals surface area contributed by atoms with Crippen LogP contribution in [0.5, 0.6) is 0 Å². The molecule has 86 valence electrons. The molecular formula is C12H17N3O. The summed E-state index contributed by atoms with van der Waals surface area (Å²) in [7, 11) is 0. The highest BCUT2D eigenvalue weighted by Crippen LogP contribution is 2.16. The van der Waals surface area contributed by atoms with E-state index in [2.05, 4.69) is 4.90 Å². The average Bonchev–Trinajstić information content (AvgIpc) is 2.18. The van der Waals surface area contributed by atoms with Crippen molar-refractivity contribution in [1.82, 2.24) is 4.90 Å². The lowest BCUT2D eigenvalue weighted by Crippen LogP contribution is -2.54. The maximum Gasteiger partial charge on any atom is 0.248 e. The van der Waals surface area contributed by atoms with Crippen LogP contribution in [0.15, 0.2) is 18.2 Å². The lowest BCUT2D eigenvalue weighted by molar-refractivity contribution is 0.1000. The topological polar surface area (TPSA) is 72.4 Å². The third-order valence-electron chi connectivity index (χ3n) is 3.01. The van der Waals surface area contributed by atoms with Gasteiger partial charge in [-0.2, -0.15) is 0 Å². The molecule has 4 N–H and O–H groups in total. The number of nitrogens with zero attached hydrogens (tertiary/aromatic N) is 1. The van der Waals surface area contributed by atoms with Crippen LogP contribution < -0.4 is 11.5 Å². The van der Waals surface area contributed by atoms with E-state index in [1.807, 2.05) is 19.1 Å². The van der Waals surface area contributed by atoms with E-state index in [1.165, 1.54) is 5.56 Å². The maximum atomic E-state index is 11.0. The van der Waals surface area contributed by atoms with E-state index in [-0.39, 0.29) is 5.91 Å². The molecule has 4 nitrogen and oxygen atoms in total. The number of hydrogen-bond acceptors (Lipinski definition) is 3. The molecule has 2 rings (SSSR count). The SMILES string of the molecule is Cc1cc(C(N)=O)ccc1CN1CC(N)C1. The molecule has 0 radical (unpaired) electrons. The van der Waals surface area contributed by atoms with Crippen molar-refractivity contribution in [3.05, 3.63) is 34.9 Å². The number of aryl methyl sites for hydroxylation is 1. The first-order chi connectivity index (χ1) is 7.56. The summed E-state index contributed by atoms with van der Waals surface area (Å²) in [6, 6.07) is 5.92. The molecule has 0 unspecified atom stereocenters. The first kappa shape index (κ1) is 11.1. The predicted octanol–water partition coefficient (Wildman–Crippen LogP) is 0.237. The second-order valence-corrected chi connectivity index (χ2v) is 4.46. The van der Waals surface area contributed by atoms with Gasteiger partial charge in [-0.1, -0.05) is 6.07 Å². The number of carbonyl (C=O) groups is 1. The molecule has 0 atom stereocenters. The Morgan fingerprint density at radius 1 is 1.50 bits per heavy atom. The van der Waals surface area contributed by atoms with Gasteiger partial charge in [0, 0.05) is 31.2 Å². The standard InChI is InChI=1S/C12H17N3O/c1-8-4-9(12(14)16)2-3-10(8)5-15-6-11(13)7-15/h2-4,11H,5-7,13H2,1H3,(H2,14,16). The van der Waals surface area contributed by atoms with Gasteiger partial charge in [0.05, 0.1) is 0 Å². The molecule has 1 saturated heterocycles. The summed E-state index contributed by atoms with van der Waals surface area (Å²) in [5.41, 5.74) is 13.9. The normalized spacial score (nSPS) is 17.1.